The second kappa shape index (κ2) is 7.65. The number of benzene rings is 2. The second-order valence-electron chi connectivity index (χ2n) is 7.97. The Bertz CT molecular complexity index is 1050. The van der Waals surface area contributed by atoms with E-state index in [0.717, 1.165) is 35.4 Å². The number of hydrogen-bond acceptors (Lipinski definition) is 5. The van der Waals surface area contributed by atoms with E-state index in [1.54, 1.807) is 0 Å². The predicted octanol–water partition coefficient (Wildman–Crippen LogP) is 4.00. The van der Waals surface area contributed by atoms with Crippen molar-refractivity contribution in [2.24, 2.45) is 0 Å². The minimum atomic E-state index is -0.441. The van der Waals surface area contributed by atoms with Gasteiger partial charge in [0.25, 0.3) is 0 Å². The molecule has 0 fully saturated rings. The largest absolute Gasteiger partial charge is 0.492 e. The van der Waals surface area contributed by atoms with Gasteiger partial charge in [0.1, 0.15) is 23.7 Å². The topological polar surface area (TPSA) is 62.9 Å². The Balaban J connectivity index is 1.64. The number of likely N-dealkylation sites (N-methyl/N-ethyl adjacent to an activating group) is 1. The Labute approximate surface area is 170 Å². The lowest BCUT2D eigenvalue weighted by atomic mass is 9.72. The van der Waals surface area contributed by atoms with Crippen molar-refractivity contribution >= 4 is 16.8 Å². The molecule has 3 aromatic rings. The average Bonchev–Trinajstić information content (AvgIpc) is 3.12. The molecule has 1 aliphatic rings. The van der Waals surface area contributed by atoms with Crippen molar-refractivity contribution in [1.29, 1.82) is 0 Å². The Morgan fingerprint density at radius 3 is 2.69 bits per heavy atom. The normalized spacial score (nSPS) is 14.9. The van der Waals surface area contributed by atoms with Crippen molar-refractivity contribution in [3.8, 4) is 5.75 Å². The fraction of sp³-hybridized carbons (Fsp3) is 0.375. The van der Waals surface area contributed by atoms with Crippen LogP contribution in [-0.2, 0) is 5.41 Å². The first-order valence-electron chi connectivity index (χ1n) is 10.1. The van der Waals surface area contributed by atoms with Gasteiger partial charge in [-0.3, -0.25) is 9.69 Å². The van der Waals surface area contributed by atoms with Crippen molar-refractivity contribution < 1.29 is 19.1 Å². The van der Waals surface area contributed by atoms with Gasteiger partial charge in [0.2, 0.25) is 0 Å². The summed E-state index contributed by atoms with van der Waals surface area (Å²) in [6.07, 6.45) is 0. The standard InChI is InChI=1S/C24H27NO4/c1-4-25(11-13-26)12-14-28-16-9-10-17-19(15-16)24(2,3)23-21(22(17)27)18-7-5-6-8-20(18)29-23/h5-10,15,26H,4,11-14H2,1-3H3. The van der Waals surface area contributed by atoms with Crippen LogP contribution in [0.2, 0.25) is 0 Å². The maximum Gasteiger partial charge on any atom is 0.197 e. The van der Waals surface area contributed by atoms with E-state index in [0.29, 0.717) is 30.0 Å². The van der Waals surface area contributed by atoms with E-state index >= 15 is 0 Å². The molecule has 5 heteroatoms. The molecule has 1 heterocycles. The van der Waals surface area contributed by atoms with Crippen LogP contribution in [0.1, 0.15) is 48.0 Å². The maximum atomic E-state index is 13.3. The number of carbonyl (C=O) groups excluding carboxylic acids is 1. The van der Waals surface area contributed by atoms with E-state index in [9.17, 15) is 4.79 Å². The molecule has 0 saturated heterocycles. The highest BCUT2D eigenvalue weighted by Gasteiger charge is 2.41. The number of hydrogen-bond donors (Lipinski definition) is 1. The Morgan fingerprint density at radius 2 is 1.93 bits per heavy atom. The summed E-state index contributed by atoms with van der Waals surface area (Å²) in [5.74, 6) is 1.46. The Morgan fingerprint density at radius 1 is 1.14 bits per heavy atom. The van der Waals surface area contributed by atoms with Crippen LogP contribution in [0.5, 0.6) is 5.75 Å². The highest BCUT2D eigenvalue weighted by molar-refractivity contribution is 6.19. The van der Waals surface area contributed by atoms with Crippen LogP contribution in [0.15, 0.2) is 46.9 Å². The third-order valence-corrected chi connectivity index (χ3v) is 5.84. The molecule has 4 rings (SSSR count). The fourth-order valence-corrected chi connectivity index (χ4v) is 4.16. The summed E-state index contributed by atoms with van der Waals surface area (Å²) < 4.78 is 12.1. The van der Waals surface area contributed by atoms with E-state index in [1.807, 2.05) is 42.5 Å². The monoisotopic (exact) mass is 393 g/mol. The summed E-state index contributed by atoms with van der Waals surface area (Å²) in [7, 11) is 0. The Hall–Kier alpha value is -2.63. The zero-order chi connectivity index (χ0) is 20.6. The molecule has 0 bridgehead atoms. The lowest BCUT2D eigenvalue weighted by molar-refractivity contribution is 0.102. The molecule has 0 aliphatic heterocycles. The van der Waals surface area contributed by atoms with Gasteiger partial charge in [0, 0.05) is 29.5 Å². The third kappa shape index (κ3) is 3.34. The fourth-order valence-electron chi connectivity index (χ4n) is 4.16. The van der Waals surface area contributed by atoms with Gasteiger partial charge in [0.15, 0.2) is 5.78 Å². The minimum Gasteiger partial charge on any atom is -0.492 e. The first-order chi connectivity index (χ1) is 14.0. The molecule has 0 spiro atoms. The molecule has 0 amide bonds. The smallest absolute Gasteiger partial charge is 0.197 e. The van der Waals surface area contributed by atoms with Crippen LogP contribution in [0, 0.1) is 0 Å². The number of aliphatic hydroxyl groups is 1. The van der Waals surface area contributed by atoms with Crippen molar-refractivity contribution in [3.63, 3.8) is 0 Å². The van der Waals surface area contributed by atoms with Gasteiger partial charge < -0.3 is 14.3 Å². The highest BCUT2D eigenvalue weighted by Crippen LogP contribution is 2.46. The lowest BCUT2D eigenvalue weighted by Crippen LogP contribution is -2.31. The number of rotatable bonds is 7. The van der Waals surface area contributed by atoms with E-state index in [-0.39, 0.29) is 12.4 Å². The van der Waals surface area contributed by atoms with Crippen LogP contribution in [0.4, 0.5) is 0 Å². The van der Waals surface area contributed by atoms with E-state index in [1.165, 1.54) is 0 Å². The van der Waals surface area contributed by atoms with E-state index in [4.69, 9.17) is 14.3 Å². The molecule has 2 aromatic carbocycles. The number of ether oxygens (including phenoxy) is 1. The van der Waals surface area contributed by atoms with Crippen molar-refractivity contribution in [3.05, 3.63) is 64.9 Å². The van der Waals surface area contributed by atoms with Crippen LogP contribution >= 0.6 is 0 Å². The first-order valence-corrected chi connectivity index (χ1v) is 10.1. The molecule has 152 valence electrons. The Kier molecular flexibility index (Phi) is 5.19. The summed E-state index contributed by atoms with van der Waals surface area (Å²) >= 11 is 0. The minimum absolute atomic E-state index is 0.00549. The molecule has 0 atom stereocenters. The first kappa shape index (κ1) is 19.7. The van der Waals surface area contributed by atoms with Crippen molar-refractivity contribution in [2.45, 2.75) is 26.2 Å². The average molecular weight is 393 g/mol. The quantitative estimate of drug-likeness (QED) is 0.657. The summed E-state index contributed by atoms with van der Waals surface area (Å²) in [6, 6.07) is 13.4. The van der Waals surface area contributed by atoms with E-state index in [2.05, 4.69) is 25.7 Å². The number of nitrogens with zero attached hydrogens (tertiary/aromatic N) is 1. The second-order valence-corrected chi connectivity index (χ2v) is 7.97. The molecule has 5 nitrogen and oxygen atoms in total. The van der Waals surface area contributed by atoms with Gasteiger partial charge in [-0.1, -0.05) is 25.1 Å². The number of furan rings is 1. The summed E-state index contributed by atoms with van der Waals surface area (Å²) in [4.78, 5) is 15.4. The number of carbonyl (C=O) groups is 1. The molecule has 0 unspecified atom stereocenters. The number of ketones is 1. The van der Waals surface area contributed by atoms with Gasteiger partial charge in [-0.05, 0) is 50.2 Å². The SMILES string of the molecule is CCN(CCO)CCOc1ccc2c(c1)C(C)(C)c1oc3ccccc3c1C2=O. The summed E-state index contributed by atoms with van der Waals surface area (Å²) in [5.41, 5.74) is 2.61. The summed E-state index contributed by atoms with van der Waals surface area (Å²) in [6.45, 7) is 9.15. The molecule has 1 N–H and O–H groups in total. The molecule has 0 saturated carbocycles. The number of fused-ring (bicyclic) bond motifs is 4. The van der Waals surface area contributed by atoms with E-state index < -0.39 is 5.41 Å². The lowest BCUT2D eigenvalue weighted by Gasteiger charge is -2.31. The van der Waals surface area contributed by atoms with Gasteiger partial charge in [-0.15, -0.1) is 0 Å². The maximum absolute atomic E-state index is 13.3. The molecule has 29 heavy (non-hydrogen) atoms. The van der Waals surface area contributed by atoms with Crippen LogP contribution < -0.4 is 4.74 Å². The zero-order valence-electron chi connectivity index (χ0n) is 17.2. The van der Waals surface area contributed by atoms with Crippen LogP contribution in [0.3, 0.4) is 0 Å². The number of para-hydroxylation sites is 1. The molecular formula is C24H27NO4. The van der Waals surface area contributed by atoms with Crippen molar-refractivity contribution in [1.82, 2.24) is 4.90 Å². The highest BCUT2D eigenvalue weighted by atomic mass is 16.5. The zero-order valence-corrected chi connectivity index (χ0v) is 17.2. The van der Waals surface area contributed by atoms with Crippen LogP contribution in [-0.4, -0.2) is 48.6 Å². The third-order valence-electron chi connectivity index (χ3n) is 5.84. The van der Waals surface area contributed by atoms with Crippen LogP contribution in [0.25, 0.3) is 11.0 Å². The predicted molar refractivity (Wildman–Crippen MR) is 113 cm³/mol. The van der Waals surface area contributed by atoms with Gasteiger partial charge in [-0.2, -0.15) is 0 Å². The molecule has 1 aliphatic carbocycles. The molecule has 1 aromatic heterocycles. The van der Waals surface area contributed by atoms with Gasteiger partial charge in [0.05, 0.1) is 12.2 Å². The van der Waals surface area contributed by atoms with Gasteiger partial charge >= 0.3 is 0 Å². The molecule has 0 radical (unpaired) electrons. The van der Waals surface area contributed by atoms with Crippen molar-refractivity contribution in [2.75, 3.05) is 32.8 Å². The number of aliphatic hydroxyl groups excluding tert-OH is 1. The molecular weight excluding hydrogens is 366 g/mol. The summed E-state index contributed by atoms with van der Waals surface area (Å²) in [5, 5.41) is 9.98. The van der Waals surface area contributed by atoms with Gasteiger partial charge in [-0.25, -0.2) is 0 Å².